The van der Waals surface area contributed by atoms with Crippen molar-refractivity contribution in [1.29, 1.82) is 0 Å². The first-order valence-electron chi connectivity index (χ1n) is 14.3. The number of ether oxygens (including phenoxy) is 2. The van der Waals surface area contributed by atoms with Gasteiger partial charge in [0.1, 0.15) is 17.4 Å². The minimum atomic E-state index is -0.303. The number of nitrogens with two attached hydrogens (primary N) is 1. The van der Waals surface area contributed by atoms with Gasteiger partial charge in [0, 0.05) is 16.9 Å². The lowest BCUT2D eigenvalue weighted by Gasteiger charge is -2.10. The lowest BCUT2D eigenvalue weighted by molar-refractivity contribution is -0.138. The summed E-state index contributed by atoms with van der Waals surface area (Å²) in [6.07, 6.45) is 8.97. The summed E-state index contributed by atoms with van der Waals surface area (Å²) in [6, 6.07) is 17.9. The van der Waals surface area contributed by atoms with Gasteiger partial charge in [0.25, 0.3) is 0 Å². The number of carbonyl (C=O) groups excluding carboxylic acids is 3. The molecule has 42 heavy (non-hydrogen) atoms. The van der Waals surface area contributed by atoms with Crippen molar-refractivity contribution < 1.29 is 23.9 Å². The van der Waals surface area contributed by atoms with Crippen LogP contribution in [0.15, 0.2) is 77.2 Å². The highest BCUT2D eigenvalue weighted by Crippen LogP contribution is 2.25. The molecule has 1 saturated carbocycles. The molecule has 2 N–H and O–H groups in total. The summed E-state index contributed by atoms with van der Waals surface area (Å²) in [5.74, 6) is 0.400. The predicted molar refractivity (Wildman–Crippen MR) is 167 cm³/mol. The van der Waals surface area contributed by atoms with Crippen LogP contribution in [-0.2, 0) is 32.1 Å². The predicted octanol–water partition coefficient (Wildman–Crippen LogP) is 6.82. The number of hydrogen-bond donors (Lipinski definition) is 1. The van der Waals surface area contributed by atoms with E-state index in [0.29, 0.717) is 31.5 Å². The molecule has 0 saturated heterocycles. The van der Waals surface area contributed by atoms with E-state index in [1.165, 1.54) is 0 Å². The fourth-order valence-corrected chi connectivity index (χ4v) is 5.35. The number of thiazole rings is 1. The summed E-state index contributed by atoms with van der Waals surface area (Å²) >= 11 is 1.54. The van der Waals surface area contributed by atoms with Gasteiger partial charge < -0.3 is 15.2 Å². The van der Waals surface area contributed by atoms with Crippen molar-refractivity contribution in [3.63, 3.8) is 0 Å². The number of Topliss-reactive ketones (excluding diaryl/α,β-unsaturated/α-hetero) is 1. The second-order valence-electron chi connectivity index (χ2n) is 10.3. The molecule has 1 atom stereocenters. The van der Waals surface area contributed by atoms with Crippen molar-refractivity contribution in [2.75, 3.05) is 6.61 Å². The molecule has 0 amide bonds. The third-order valence-corrected chi connectivity index (χ3v) is 7.77. The molecule has 0 radical (unpaired) electrons. The van der Waals surface area contributed by atoms with Gasteiger partial charge in [-0.3, -0.25) is 9.59 Å². The largest absolute Gasteiger partial charge is 0.489 e. The van der Waals surface area contributed by atoms with Crippen molar-refractivity contribution in [3.8, 4) is 5.75 Å². The Morgan fingerprint density at radius 3 is 2.38 bits per heavy atom. The maximum atomic E-state index is 11.8. The van der Waals surface area contributed by atoms with Gasteiger partial charge >= 0.3 is 5.97 Å². The first-order chi connectivity index (χ1) is 20.3. The molecule has 0 aliphatic heterocycles. The number of allylic oxidation sites excluding steroid dienone is 2. The van der Waals surface area contributed by atoms with Crippen molar-refractivity contribution in [2.24, 2.45) is 11.7 Å². The standard InChI is InChI=1S/C27H30N2O3S.C7H10O2/c1-4-31-27(30)20(3)14-19(2)15-23-18-33-26(29-23)25(28)16-21-10-12-24(13-11-21)32-17-22-8-6-5-7-9-22;8-5-7(9)6-3-1-2-4-6/h5-15,18,25H,4,16-17,28H2,1-3H3;5-6H,1-4H2/b19-15+,20-14-;. The fourth-order valence-electron chi connectivity index (χ4n) is 4.57. The quantitative estimate of drug-likeness (QED) is 0.0813. The van der Waals surface area contributed by atoms with E-state index in [-0.39, 0.29) is 23.7 Å². The Hall–Kier alpha value is -3.88. The Kier molecular flexibility index (Phi) is 13.3. The summed E-state index contributed by atoms with van der Waals surface area (Å²) in [5, 5.41) is 2.86. The van der Waals surface area contributed by atoms with Gasteiger partial charge in [-0.15, -0.1) is 11.3 Å². The first kappa shape index (κ1) is 32.6. The van der Waals surface area contributed by atoms with Crippen LogP contribution < -0.4 is 10.5 Å². The third kappa shape index (κ3) is 10.8. The number of esters is 1. The summed E-state index contributed by atoms with van der Waals surface area (Å²) in [5.41, 5.74) is 11.0. The number of benzene rings is 2. The zero-order valence-corrected chi connectivity index (χ0v) is 25.4. The van der Waals surface area contributed by atoms with Crippen LogP contribution in [0.5, 0.6) is 5.75 Å². The molecule has 1 unspecified atom stereocenters. The minimum Gasteiger partial charge on any atom is -0.489 e. The second kappa shape index (κ2) is 17.2. The van der Waals surface area contributed by atoms with E-state index >= 15 is 0 Å². The number of aldehydes is 1. The molecule has 222 valence electrons. The number of rotatable bonds is 12. The zero-order valence-electron chi connectivity index (χ0n) is 24.6. The maximum absolute atomic E-state index is 11.8. The molecule has 1 aliphatic carbocycles. The van der Waals surface area contributed by atoms with E-state index in [0.717, 1.165) is 58.8 Å². The summed E-state index contributed by atoms with van der Waals surface area (Å²) < 4.78 is 10.9. The molecule has 1 heterocycles. The Balaban J connectivity index is 0.000000458. The van der Waals surface area contributed by atoms with Gasteiger partial charge in [-0.25, -0.2) is 9.78 Å². The van der Waals surface area contributed by atoms with E-state index < -0.39 is 0 Å². The molecule has 3 aromatic rings. The van der Waals surface area contributed by atoms with E-state index in [1.54, 1.807) is 31.3 Å². The van der Waals surface area contributed by atoms with Gasteiger partial charge in [-0.05, 0) is 81.0 Å². The van der Waals surface area contributed by atoms with Crippen LogP contribution in [0.4, 0.5) is 0 Å². The molecule has 2 aromatic carbocycles. The Morgan fingerprint density at radius 2 is 1.74 bits per heavy atom. The van der Waals surface area contributed by atoms with Crippen LogP contribution in [-0.4, -0.2) is 29.6 Å². The molecule has 1 aliphatic rings. The van der Waals surface area contributed by atoms with E-state index in [1.807, 2.05) is 73.0 Å². The van der Waals surface area contributed by atoms with E-state index in [2.05, 4.69) is 4.98 Å². The molecule has 0 bridgehead atoms. The van der Waals surface area contributed by atoms with Crippen LogP contribution in [0.1, 0.15) is 74.3 Å². The average Bonchev–Trinajstić information content (AvgIpc) is 3.70. The highest BCUT2D eigenvalue weighted by atomic mass is 32.1. The van der Waals surface area contributed by atoms with Crippen LogP contribution in [0.2, 0.25) is 0 Å². The topological polar surface area (TPSA) is 109 Å². The molecule has 1 fully saturated rings. The molecule has 7 nitrogen and oxygen atoms in total. The van der Waals surface area contributed by atoms with E-state index in [9.17, 15) is 14.4 Å². The SMILES string of the molecule is CCOC(=O)/C(C)=C\C(C)=C\c1csc(C(N)Cc2ccc(OCc3ccccc3)cc2)n1.O=CC(=O)C1CCCC1. The average molecular weight is 589 g/mol. The van der Waals surface area contributed by atoms with Gasteiger partial charge in [-0.1, -0.05) is 55.3 Å². The Labute approximate surface area is 252 Å². The number of ketones is 1. The van der Waals surface area contributed by atoms with Crippen LogP contribution in [0.3, 0.4) is 0 Å². The molecule has 8 heteroatoms. The normalized spacial score (nSPS) is 14.5. The number of aromatic nitrogens is 1. The van der Waals surface area contributed by atoms with Crippen LogP contribution in [0.25, 0.3) is 6.08 Å². The van der Waals surface area contributed by atoms with Crippen molar-refractivity contribution in [1.82, 2.24) is 4.98 Å². The Bertz CT molecular complexity index is 1360. The summed E-state index contributed by atoms with van der Waals surface area (Å²) in [4.78, 5) is 37.0. The molecular formula is C34H40N2O5S. The summed E-state index contributed by atoms with van der Waals surface area (Å²) in [7, 11) is 0. The lowest BCUT2D eigenvalue weighted by Crippen LogP contribution is -2.13. The number of nitrogens with zero attached hydrogens (tertiary/aromatic N) is 1. The van der Waals surface area contributed by atoms with Gasteiger partial charge in [-0.2, -0.15) is 0 Å². The van der Waals surface area contributed by atoms with E-state index in [4.69, 9.17) is 15.2 Å². The highest BCUT2D eigenvalue weighted by molar-refractivity contribution is 7.09. The third-order valence-electron chi connectivity index (χ3n) is 6.78. The first-order valence-corrected chi connectivity index (χ1v) is 15.2. The molecular weight excluding hydrogens is 548 g/mol. The van der Waals surface area contributed by atoms with Gasteiger partial charge in [0.15, 0.2) is 12.1 Å². The second-order valence-corrected chi connectivity index (χ2v) is 11.2. The fraction of sp³-hybridized carbons (Fsp3) is 0.353. The number of hydrogen-bond acceptors (Lipinski definition) is 8. The lowest BCUT2D eigenvalue weighted by atomic mass is 10.0. The summed E-state index contributed by atoms with van der Waals surface area (Å²) in [6.45, 7) is 6.38. The smallest absolute Gasteiger partial charge is 0.333 e. The minimum absolute atomic E-state index is 0.0718. The van der Waals surface area contributed by atoms with Gasteiger partial charge in [0.2, 0.25) is 0 Å². The monoisotopic (exact) mass is 588 g/mol. The molecule has 0 spiro atoms. The number of carbonyl (C=O) groups is 3. The highest BCUT2D eigenvalue weighted by Gasteiger charge is 2.21. The Morgan fingerprint density at radius 1 is 1.05 bits per heavy atom. The van der Waals surface area contributed by atoms with Crippen molar-refractivity contribution in [3.05, 3.63) is 99.0 Å². The zero-order chi connectivity index (χ0) is 30.3. The van der Waals surface area contributed by atoms with Crippen LogP contribution in [0, 0.1) is 5.92 Å². The van der Waals surface area contributed by atoms with Crippen molar-refractivity contribution in [2.45, 2.75) is 65.5 Å². The van der Waals surface area contributed by atoms with Crippen LogP contribution >= 0.6 is 11.3 Å². The van der Waals surface area contributed by atoms with Crippen molar-refractivity contribution >= 4 is 35.5 Å². The molecule has 4 rings (SSSR count). The molecule has 1 aromatic heterocycles. The van der Waals surface area contributed by atoms with Gasteiger partial charge in [0.05, 0.1) is 18.3 Å². The maximum Gasteiger partial charge on any atom is 0.333 e.